The van der Waals surface area contributed by atoms with Crippen LogP contribution in [-0.4, -0.2) is 19.9 Å². The van der Waals surface area contributed by atoms with E-state index >= 15 is 0 Å². The SMILES string of the molecule is Cc1ncc(-c2cc(OCc3ccc(C#N)cn3)nc3c2CCCC3)cn1. The van der Waals surface area contributed by atoms with Crippen molar-refractivity contribution in [3.05, 3.63) is 65.1 Å². The molecule has 0 N–H and O–H groups in total. The Morgan fingerprint density at radius 2 is 1.89 bits per heavy atom. The third-order valence-corrected chi connectivity index (χ3v) is 4.69. The molecule has 0 aromatic carbocycles. The molecule has 0 saturated heterocycles. The number of fused-ring (bicyclic) bond motifs is 1. The van der Waals surface area contributed by atoms with Gasteiger partial charge in [-0.15, -0.1) is 0 Å². The summed E-state index contributed by atoms with van der Waals surface area (Å²) in [7, 11) is 0. The maximum atomic E-state index is 8.86. The third-order valence-electron chi connectivity index (χ3n) is 4.69. The van der Waals surface area contributed by atoms with E-state index in [1.807, 2.05) is 25.4 Å². The molecular weight excluding hydrogens is 338 g/mol. The van der Waals surface area contributed by atoms with Gasteiger partial charge in [0, 0.05) is 35.9 Å². The van der Waals surface area contributed by atoms with Crippen molar-refractivity contribution in [3.8, 4) is 23.1 Å². The van der Waals surface area contributed by atoms with Crippen molar-refractivity contribution in [1.82, 2.24) is 19.9 Å². The Hall–Kier alpha value is -3.33. The molecule has 6 nitrogen and oxygen atoms in total. The summed E-state index contributed by atoms with van der Waals surface area (Å²) >= 11 is 0. The number of aryl methyl sites for hydroxylation is 2. The molecule has 3 aromatic rings. The number of hydrogen-bond donors (Lipinski definition) is 0. The van der Waals surface area contributed by atoms with Crippen LogP contribution in [0.3, 0.4) is 0 Å². The van der Waals surface area contributed by atoms with Crippen LogP contribution in [0, 0.1) is 18.3 Å². The van der Waals surface area contributed by atoms with Gasteiger partial charge in [-0.1, -0.05) is 0 Å². The van der Waals surface area contributed by atoms with Crippen molar-refractivity contribution in [1.29, 1.82) is 5.26 Å². The molecule has 6 heteroatoms. The standard InChI is InChI=1S/C21H19N5O/c1-14-23-11-16(12-24-14)19-8-21(26-20-5-3-2-4-18(19)20)27-13-17-7-6-15(9-22)10-25-17/h6-8,10-12H,2-5,13H2,1H3. The van der Waals surface area contributed by atoms with E-state index in [1.165, 1.54) is 12.0 Å². The number of pyridine rings is 2. The van der Waals surface area contributed by atoms with E-state index in [1.54, 1.807) is 18.3 Å². The minimum atomic E-state index is 0.307. The van der Waals surface area contributed by atoms with Gasteiger partial charge in [0.15, 0.2) is 0 Å². The Bertz CT molecular complexity index is 991. The topological polar surface area (TPSA) is 84.6 Å². The quantitative estimate of drug-likeness (QED) is 0.710. The molecule has 3 heterocycles. The van der Waals surface area contributed by atoms with Crippen molar-refractivity contribution in [2.75, 3.05) is 0 Å². The molecule has 0 atom stereocenters. The molecular formula is C21H19N5O. The number of nitriles is 1. The van der Waals surface area contributed by atoms with Crippen LogP contribution in [0.15, 0.2) is 36.8 Å². The van der Waals surface area contributed by atoms with Crippen LogP contribution in [0.4, 0.5) is 0 Å². The Kier molecular flexibility index (Phi) is 4.75. The van der Waals surface area contributed by atoms with Crippen LogP contribution in [0.25, 0.3) is 11.1 Å². The largest absolute Gasteiger partial charge is 0.471 e. The maximum absolute atomic E-state index is 8.86. The van der Waals surface area contributed by atoms with Gasteiger partial charge in [-0.3, -0.25) is 4.98 Å². The molecule has 0 bridgehead atoms. The molecule has 27 heavy (non-hydrogen) atoms. The molecule has 134 valence electrons. The van der Waals surface area contributed by atoms with Crippen LogP contribution in [0.1, 0.15) is 41.2 Å². The van der Waals surface area contributed by atoms with E-state index in [9.17, 15) is 0 Å². The summed E-state index contributed by atoms with van der Waals surface area (Å²) in [5.74, 6) is 1.34. The predicted molar refractivity (Wildman–Crippen MR) is 99.9 cm³/mol. The van der Waals surface area contributed by atoms with Gasteiger partial charge in [-0.25, -0.2) is 15.0 Å². The first-order chi connectivity index (χ1) is 13.2. The highest BCUT2D eigenvalue weighted by atomic mass is 16.5. The van der Waals surface area contributed by atoms with E-state index in [2.05, 4.69) is 21.0 Å². The summed E-state index contributed by atoms with van der Waals surface area (Å²) in [6.45, 7) is 2.19. The number of nitrogens with zero attached hydrogens (tertiary/aromatic N) is 5. The summed E-state index contributed by atoms with van der Waals surface area (Å²) < 4.78 is 5.92. The molecule has 4 rings (SSSR count). The molecule has 1 aliphatic rings. The van der Waals surface area contributed by atoms with Gasteiger partial charge in [0.2, 0.25) is 5.88 Å². The van der Waals surface area contributed by atoms with Crippen LogP contribution in [0.5, 0.6) is 5.88 Å². The van der Waals surface area contributed by atoms with Crippen LogP contribution in [-0.2, 0) is 19.4 Å². The van der Waals surface area contributed by atoms with Gasteiger partial charge in [0.25, 0.3) is 0 Å². The Morgan fingerprint density at radius 3 is 2.63 bits per heavy atom. The lowest BCUT2D eigenvalue weighted by molar-refractivity contribution is 0.288. The number of ether oxygens (including phenoxy) is 1. The Labute approximate surface area is 157 Å². The zero-order valence-corrected chi connectivity index (χ0v) is 15.1. The first-order valence-electron chi connectivity index (χ1n) is 9.02. The van der Waals surface area contributed by atoms with Crippen molar-refractivity contribution in [3.63, 3.8) is 0 Å². The zero-order valence-electron chi connectivity index (χ0n) is 15.1. The fraction of sp³-hybridized carbons (Fsp3) is 0.286. The van der Waals surface area contributed by atoms with Crippen molar-refractivity contribution in [2.45, 2.75) is 39.2 Å². The lowest BCUT2D eigenvalue weighted by atomic mass is 9.90. The van der Waals surface area contributed by atoms with E-state index < -0.39 is 0 Å². The van der Waals surface area contributed by atoms with Gasteiger partial charge in [0.1, 0.15) is 18.5 Å². The summed E-state index contributed by atoms with van der Waals surface area (Å²) in [6.07, 6.45) is 9.56. The van der Waals surface area contributed by atoms with Crippen molar-refractivity contribution in [2.24, 2.45) is 0 Å². The summed E-state index contributed by atoms with van der Waals surface area (Å²) in [4.78, 5) is 17.6. The average molecular weight is 357 g/mol. The van der Waals surface area contributed by atoms with E-state index in [0.29, 0.717) is 18.1 Å². The molecule has 0 spiro atoms. The van der Waals surface area contributed by atoms with E-state index in [0.717, 1.165) is 47.6 Å². The molecule has 0 fully saturated rings. The zero-order chi connectivity index (χ0) is 18.6. The lowest BCUT2D eigenvalue weighted by Gasteiger charge is -2.20. The molecule has 0 aliphatic heterocycles. The van der Waals surface area contributed by atoms with Gasteiger partial charge in [-0.05, 0) is 55.9 Å². The smallest absolute Gasteiger partial charge is 0.214 e. The van der Waals surface area contributed by atoms with E-state index in [4.69, 9.17) is 15.0 Å². The summed E-state index contributed by atoms with van der Waals surface area (Å²) in [5, 5.41) is 8.86. The van der Waals surface area contributed by atoms with Gasteiger partial charge < -0.3 is 4.74 Å². The minimum Gasteiger partial charge on any atom is -0.471 e. The summed E-state index contributed by atoms with van der Waals surface area (Å²) in [5.41, 5.74) is 5.76. The molecule has 0 saturated carbocycles. The predicted octanol–water partition coefficient (Wildman–Crippen LogP) is 3.57. The normalized spacial score (nSPS) is 12.9. The first-order valence-corrected chi connectivity index (χ1v) is 9.02. The highest BCUT2D eigenvalue weighted by Crippen LogP contribution is 2.33. The van der Waals surface area contributed by atoms with E-state index in [-0.39, 0.29) is 0 Å². The second-order valence-electron chi connectivity index (χ2n) is 6.60. The fourth-order valence-electron chi connectivity index (χ4n) is 3.27. The van der Waals surface area contributed by atoms with Gasteiger partial charge in [-0.2, -0.15) is 5.26 Å². The van der Waals surface area contributed by atoms with Gasteiger partial charge >= 0.3 is 0 Å². The number of aromatic nitrogens is 4. The minimum absolute atomic E-state index is 0.307. The molecule has 0 unspecified atom stereocenters. The molecule has 0 radical (unpaired) electrons. The van der Waals surface area contributed by atoms with Crippen molar-refractivity contribution >= 4 is 0 Å². The Balaban J connectivity index is 1.63. The second-order valence-corrected chi connectivity index (χ2v) is 6.60. The first kappa shape index (κ1) is 17.1. The fourth-order valence-corrected chi connectivity index (χ4v) is 3.27. The van der Waals surface area contributed by atoms with Crippen molar-refractivity contribution < 1.29 is 4.74 Å². The molecule has 1 aliphatic carbocycles. The van der Waals surface area contributed by atoms with Crippen LogP contribution >= 0.6 is 0 Å². The third kappa shape index (κ3) is 3.77. The Morgan fingerprint density at radius 1 is 1.07 bits per heavy atom. The second kappa shape index (κ2) is 7.50. The molecule has 0 amide bonds. The van der Waals surface area contributed by atoms with Crippen LogP contribution in [0.2, 0.25) is 0 Å². The highest BCUT2D eigenvalue weighted by molar-refractivity contribution is 5.68. The number of rotatable bonds is 4. The monoisotopic (exact) mass is 357 g/mol. The number of hydrogen-bond acceptors (Lipinski definition) is 6. The maximum Gasteiger partial charge on any atom is 0.214 e. The molecule has 3 aromatic heterocycles. The van der Waals surface area contributed by atoms with Crippen LogP contribution < -0.4 is 4.74 Å². The lowest BCUT2D eigenvalue weighted by Crippen LogP contribution is -2.09. The average Bonchev–Trinajstić information content (AvgIpc) is 2.72. The summed E-state index contributed by atoms with van der Waals surface area (Å²) in [6, 6.07) is 7.57. The van der Waals surface area contributed by atoms with Gasteiger partial charge in [0.05, 0.1) is 11.3 Å². The highest BCUT2D eigenvalue weighted by Gasteiger charge is 2.18.